The van der Waals surface area contributed by atoms with Crippen molar-refractivity contribution < 1.29 is 159 Å². The number of nitrogen functional groups attached to an aromatic ring is 2. The van der Waals surface area contributed by atoms with Crippen LogP contribution in [0.1, 0.15) is 19.3 Å². The summed E-state index contributed by atoms with van der Waals surface area (Å²) >= 11 is 0. The standard InChI is InChI=1S/C9H15N5O.3K/c10-7-6-8(12-9(11)14(7)15)13-4-2-1-3-5-13;;;/h6H,1-5,10H2,(H2,11,12);;;/q;3*+1. The molecule has 2 heterocycles. The van der Waals surface area contributed by atoms with Crippen molar-refractivity contribution in [3.8, 4) is 0 Å². The van der Waals surface area contributed by atoms with Gasteiger partial charge in [0.2, 0.25) is 0 Å². The van der Waals surface area contributed by atoms with E-state index in [0.717, 1.165) is 25.9 Å². The van der Waals surface area contributed by atoms with Crippen LogP contribution in [-0.4, -0.2) is 18.1 Å². The zero-order valence-electron chi connectivity index (χ0n) is 11.5. The molecule has 0 amide bonds. The topological polar surface area (TPSA) is 95.1 Å². The predicted molar refractivity (Wildman–Crippen MR) is 58.1 cm³/mol. The Balaban J connectivity index is 0. The molecule has 1 aliphatic rings. The van der Waals surface area contributed by atoms with Crippen molar-refractivity contribution in [2.24, 2.45) is 0 Å². The fraction of sp³-hybridized carbons (Fsp3) is 0.556. The van der Waals surface area contributed by atoms with Gasteiger partial charge in [-0.25, -0.2) is 4.73 Å². The van der Waals surface area contributed by atoms with Crippen LogP contribution in [0, 0.1) is 5.21 Å². The Kier molecular flexibility index (Phi) is 15.3. The molecule has 0 atom stereocenters. The van der Waals surface area contributed by atoms with Gasteiger partial charge in [-0.05, 0) is 19.3 Å². The van der Waals surface area contributed by atoms with Crippen LogP contribution in [0.4, 0.5) is 17.6 Å². The first kappa shape index (κ1) is 23.5. The first-order chi connectivity index (χ1) is 7.18. The summed E-state index contributed by atoms with van der Waals surface area (Å²) in [5, 5.41) is 11.2. The zero-order valence-corrected chi connectivity index (χ0v) is 20.9. The summed E-state index contributed by atoms with van der Waals surface area (Å²) < 4.78 is 0.438. The van der Waals surface area contributed by atoms with Crippen molar-refractivity contribution in [3.05, 3.63) is 11.3 Å². The van der Waals surface area contributed by atoms with Gasteiger partial charge in [0.25, 0.3) is 0 Å². The Hall–Kier alpha value is 3.19. The zero-order chi connectivity index (χ0) is 10.8. The molecule has 0 spiro atoms. The van der Waals surface area contributed by atoms with Crippen molar-refractivity contribution >= 4 is 17.6 Å². The smallest absolute Gasteiger partial charge is 0.754 e. The molecule has 0 bridgehead atoms. The van der Waals surface area contributed by atoms with Crippen molar-refractivity contribution in [1.82, 2.24) is 4.98 Å². The second kappa shape index (κ2) is 11.7. The number of nitrogens with zero attached hydrogens (tertiary/aromatic N) is 3. The summed E-state index contributed by atoms with van der Waals surface area (Å²) in [5.74, 6) is 0.718. The van der Waals surface area contributed by atoms with Gasteiger partial charge in [-0.1, -0.05) is 4.98 Å². The molecule has 6 nitrogen and oxygen atoms in total. The van der Waals surface area contributed by atoms with Crippen LogP contribution in [0.2, 0.25) is 0 Å². The van der Waals surface area contributed by atoms with Crippen LogP contribution < -0.4 is 175 Å². The monoisotopic (exact) mass is 326 g/mol. The maximum atomic E-state index is 11.2. The van der Waals surface area contributed by atoms with E-state index >= 15 is 0 Å². The third kappa shape index (κ3) is 6.53. The van der Waals surface area contributed by atoms with Gasteiger partial charge in [0.05, 0.1) is 6.07 Å². The fourth-order valence-electron chi connectivity index (χ4n) is 1.80. The Morgan fingerprint density at radius 1 is 1.11 bits per heavy atom. The van der Waals surface area contributed by atoms with E-state index in [1.54, 1.807) is 6.07 Å². The summed E-state index contributed by atoms with van der Waals surface area (Å²) in [6.45, 7) is 1.91. The van der Waals surface area contributed by atoms with Gasteiger partial charge in [-0.15, -0.1) is 0 Å². The molecule has 82 valence electrons. The average molecular weight is 327 g/mol. The molecular formula is C9H15K3N5O+3. The molecule has 0 saturated carbocycles. The largest absolute Gasteiger partial charge is 1.00 e. The quantitative estimate of drug-likeness (QED) is 0.304. The number of piperidine rings is 1. The van der Waals surface area contributed by atoms with E-state index in [0.29, 0.717) is 10.5 Å². The van der Waals surface area contributed by atoms with E-state index in [1.807, 2.05) is 0 Å². The van der Waals surface area contributed by atoms with Crippen molar-refractivity contribution in [2.45, 2.75) is 19.3 Å². The first-order valence-electron chi connectivity index (χ1n) is 5.09. The van der Waals surface area contributed by atoms with Gasteiger partial charge in [0.1, 0.15) is 0 Å². The van der Waals surface area contributed by atoms with Crippen LogP contribution in [0.15, 0.2) is 6.07 Å². The van der Waals surface area contributed by atoms with Crippen LogP contribution >= 0.6 is 0 Å². The fourth-order valence-corrected chi connectivity index (χ4v) is 1.80. The van der Waals surface area contributed by atoms with Crippen molar-refractivity contribution in [1.29, 1.82) is 0 Å². The number of rotatable bonds is 1. The molecule has 1 aliphatic heterocycles. The van der Waals surface area contributed by atoms with E-state index in [2.05, 4.69) is 9.88 Å². The van der Waals surface area contributed by atoms with E-state index in [4.69, 9.17) is 11.5 Å². The normalized spacial score (nSPS) is 13.9. The molecule has 1 aromatic rings. The Bertz CT molecular complexity index is 350. The van der Waals surface area contributed by atoms with Gasteiger partial charge in [-0.2, -0.15) is 0 Å². The minimum Gasteiger partial charge on any atom is -0.754 e. The first-order valence-corrected chi connectivity index (χ1v) is 5.09. The van der Waals surface area contributed by atoms with Gasteiger partial charge >= 0.3 is 160 Å². The summed E-state index contributed by atoms with van der Waals surface area (Å²) in [7, 11) is 0. The van der Waals surface area contributed by atoms with E-state index < -0.39 is 0 Å². The second-order valence-corrected chi connectivity index (χ2v) is 3.74. The van der Waals surface area contributed by atoms with Crippen LogP contribution in [0.3, 0.4) is 0 Å². The molecule has 0 radical (unpaired) electrons. The van der Waals surface area contributed by atoms with E-state index in [-0.39, 0.29) is 166 Å². The molecule has 0 aliphatic carbocycles. The maximum absolute atomic E-state index is 11.2. The number of aromatic nitrogens is 2. The molecule has 2 rings (SSSR count). The number of hydrogen-bond donors (Lipinski definition) is 2. The average Bonchev–Trinajstić information content (AvgIpc) is 2.26. The minimum absolute atomic E-state index is 0. The number of hydrogen-bond acceptors (Lipinski definition) is 5. The molecular weight excluding hydrogens is 311 g/mol. The summed E-state index contributed by atoms with van der Waals surface area (Å²) in [4.78, 5) is 6.14. The third-order valence-corrected chi connectivity index (χ3v) is 2.63. The molecule has 0 aromatic carbocycles. The third-order valence-electron chi connectivity index (χ3n) is 2.63. The molecule has 1 fully saturated rings. The SMILES string of the molecule is Nc1cc(N2CCCCC2)nc(N)[n+]1[O-].[K+].[K+].[K+]. The van der Waals surface area contributed by atoms with Crippen molar-refractivity contribution in [3.63, 3.8) is 0 Å². The molecule has 1 aromatic heterocycles. The summed E-state index contributed by atoms with van der Waals surface area (Å²) in [6.07, 6.45) is 3.54. The summed E-state index contributed by atoms with van der Waals surface area (Å²) in [6, 6.07) is 1.58. The van der Waals surface area contributed by atoms with E-state index in [9.17, 15) is 5.21 Å². The van der Waals surface area contributed by atoms with Crippen LogP contribution in [-0.2, 0) is 0 Å². The summed E-state index contributed by atoms with van der Waals surface area (Å²) in [5.41, 5.74) is 11.0. The van der Waals surface area contributed by atoms with Gasteiger partial charge in [0.15, 0.2) is 11.6 Å². The number of anilines is 3. The maximum Gasteiger partial charge on any atom is 1.00 e. The molecule has 18 heavy (non-hydrogen) atoms. The van der Waals surface area contributed by atoms with Crippen LogP contribution in [0.5, 0.6) is 0 Å². The molecule has 1 saturated heterocycles. The Labute approximate surface area is 235 Å². The van der Waals surface area contributed by atoms with Gasteiger partial charge < -0.3 is 21.6 Å². The Morgan fingerprint density at radius 3 is 2.17 bits per heavy atom. The van der Waals surface area contributed by atoms with Crippen LogP contribution in [0.25, 0.3) is 0 Å². The minimum atomic E-state index is -0.0874. The van der Waals surface area contributed by atoms with E-state index in [1.165, 1.54) is 6.42 Å². The number of nitrogens with two attached hydrogens (primary N) is 2. The second-order valence-electron chi connectivity index (χ2n) is 3.74. The van der Waals surface area contributed by atoms with Gasteiger partial charge in [0, 0.05) is 13.1 Å². The predicted octanol–water partition coefficient (Wildman–Crippen LogP) is -9.12. The Morgan fingerprint density at radius 2 is 1.67 bits per heavy atom. The van der Waals surface area contributed by atoms with Crippen molar-refractivity contribution in [2.75, 3.05) is 29.5 Å². The molecule has 0 unspecified atom stereocenters. The van der Waals surface area contributed by atoms with Gasteiger partial charge in [-0.3, -0.25) is 0 Å². The molecule has 4 N–H and O–H groups in total. The molecule has 9 heteroatoms.